The van der Waals surface area contributed by atoms with Crippen LogP contribution in [0.5, 0.6) is 0 Å². The van der Waals surface area contributed by atoms with E-state index in [1.165, 1.54) is 23.5 Å². The molecule has 0 amide bonds. The molecule has 0 unspecified atom stereocenters. The Kier molecular flexibility index (Phi) is 2.88. The van der Waals surface area contributed by atoms with E-state index in [2.05, 4.69) is 35.8 Å². The molecule has 0 saturated heterocycles. The Balaban J connectivity index is 0.000000451. The van der Waals surface area contributed by atoms with Crippen LogP contribution >= 0.6 is 0 Å². The van der Waals surface area contributed by atoms with Gasteiger partial charge in [-0.3, -0.25) is 0 Å². The molecule has 2 rings (SSSR count). The fourth-order valence-corrected chi connectivity index (χ4v) is 1.22. The predicted octanol–water partition coefficient (Wildman–Crippen LogP) is 2.16. The number of hydrogen-bond acceptors (Lipinski definition) is 1. The highest BCUT2D eigenvalue weighted by atomic mass is 14.7. The van der Waals surface area contributed by atoms with E-state index >= 15 is 0 Å². The maximum absolute atomic E-state index is 4.50. The highest BCUT2D eigenvalue weighted by Crippen LogP contribution is 2.15. The topological polar surface area (TPSA) is 41.8 Å². The highest BCUT2D eigenvalue weighted by Gasteiger charge is 1.94. The van der Waals surface area contributed by atoms with Gasteiger partial charge in [0.15, 0.2) is 0 Å². The average molecular weight is 163 g/mol. The first kappa shape index (κ1) is 8.81. The summed E-state index contributed by atoms with van der Waals surface area (Å²) in [5, 5.41) is 1.32. The van der Waals surface area contributed by atoms with Gasteiger partial charge < -0.3 is 10.7 Å². The van der Waals surface area contributed by atoms with Gasteiger partial charge in [-0.2, -0.15) is 0 Å². The van der Waals surface area contributed by atoms with Crippen molar-refractivity contribution in [2.45, 2.75) is 6.92 Å². The fourth-order valence-electron chi connectivity index (χ4n) is 1.22. The SMILES string of the molecule is CN.Cc1c[nH]c2ccccc12.[H+]. The van der Waals surface area contributed by atoms with Crippen LogP contribution in [0.4, 0.5) is 0 Å². The van der Waals surface area contributed by atoms with E-state index in [9.17, 15) is 0 Å². The molecular weight excluding hydrogens is 148 g/mol. The number of rotatable bonds is 0. The van der Waals surface area contributed by atoms with Gasteiger partial charge in [-0.05, 0) is 25.6 Å². The molecule has 0 fully saturated rings. The van der Waals surface area contributed by atoms with Crippen LogP contribution in [0.1, 0.15) is 6.99 Å². The van der Waals surface area contributed by atoms with Gasteiger partial charge in [0.1, 0.15) is 0 Å². The van der Waals surface area contributed by atoms with Crippen LogP contribution in [0.15, 0.2) is 30.5 Å². The van der Waals surface area contributed by atoms with E-state index < -0.39 is 0 Å². The van der Waals surface area contributed by atoms with Crippen molar-refractivity contribution in [3.63, 3.8) is 0 Å². The van der Waals surface area contributed by atoms with Gasteiger partial charge in [0.25, 0.3) is 0 Å². The number of fused-ring (bicyclic) bond motifs is 1. The average Bonchev–Trinajstić information content (AvgIpc) is 2.53. The molecule has 0 aliphatic carbocycles. The van der Waals surface area contributed by atoms with Crippen LogP contribution in [-0.2, 0) is 0 Å². The number of aromatic nitrogens is 1. The van der Waals surface area contributed by atoms with Crippen LogP contribution in [0, 0.1) is 6.92 Å². The zero-order valence-electron chi connectivity index (χ0n) is 8.46. The summed E-state index contributed by atoms with van der Waals surface area (Å²) < 4.78 is 0. The molecule has 0 aliphatic heterocycles. The minimum Gasteiger partial charge on any atom is -0.361 e. The third-order valence-corrected chi connectivity index (χ3v) is 1.80. The summed E-state index contributed by atoms with van der Waals surface area (Å²) >= 11 is 0. The molecule has 1 aromatic heterocycles. The van der Waals surface area contributed by atoms with Crippen LogP contribution in [0.25, 0.3) is 10.9 Å². The number of nitrogens with one attached hydrogen (secondary N) is 1. The number of H-pyrrole nitrogens is 1. The minimum absolute atomic E-state index is 0. The Morgan fingerprint density at radius 3 is 2.58 bits per heavy atom. The quantitative estimate of drug-likeness (QED) is 0.614. The fraction of sp³-hybridized carbons (Fsp3) is 0.200. The molecule has 0 bridgehead atoms. The number of benzene rings is 1. The Labute approximate surface area is 73.9 Å². The van der Waals surface area contributed by atoms with Crippen LogP contribution < -0.4 is 5.73 Å². The van der Waals surface area contributed by atoms with Crippen molar-refractivity contribution in [2.75, 3.05) is 7.05 Å². The molecule has 0 radical (unpaired) electrons. The molecule has 0 spiro atoms. The summed E-state index contributed by atoms with van der Waals surface area (Å²) in [7, 11) is 1.50. The molecule has 1 heterocycles. The summed E-state index contributed by atoms with van der Waals surface area (Å²) in [5.74, 6) is 0. The number of aryl methyl sites for hydroxylation is 1. The molecule has 2 nitrogen and oxygen atoms in total. The molecule has 3 N–H and O–H groups in total. The monoisotopic (exact) mass is 163 g/mol. The second-order valence-electron chi connectivity index (χ2n) is 2.52. The highest BCUT2D eigenvalue weighted by molar-refractivity contribution is 5.82. The van der Waals surface area contributed by atoms with Crippen molar-refractivity contribution in [2.24, 2.45) is 5.73 Å². The number of para-hydroxylation sites is 1. The molecule has 12 heavy (non-hydrogen) atoms. The summed E-state index contributed by atoms with van der Waals surface area (Å²) in [6.45, 7) is 2.11. The predicted molar refractivity (Wildman–Crippen MR) is 54.3 cm³/mol. The van der Waals surface area contributed by atoms with Gasteiger partial charge >= 0.3 is 1.43 Å². The van der Waals surface area contributed by atoms with Crippen LogP contribution in [-0.4, -0.2) is 12.0 Å². The summed E-state index contributed by atoms with van der Waals surface area (Å²) in [5.41, 5.74) is 7.04. The maximum Gasteiger partial charge on any atom is 1.00 e. The third-order valence-electron chi connectivity index (χ3n) is 1.80. The van der Waals surface area contributed by atoms with Crippen molar-refractivity contribution in [1.29, 1.82) is 0 Å². The lowest BCUT2D eigenvalue weighted by molar-refractivity contribution is 1.43. The van der Waals surface area contributed by atoms with Crippen molar-refractivity contribution < 1.29 is 1.43 Å². The van der Waals surface area contributed by atoms with Crippen LogP contribution in [0.2, 0.25) is 0 Å². The van der Waals surface area contributed by atoms with E-state index in [4.69, 9.17) is 0 Å². The molecule has 0 atom stereocenters. The van der Waals surface area contributed by atoms with Crippen molar-refractivity contribution >= 4 is 10.9 Å². The molecule has 2 aromatic rings. The second kappa shape index (κ2) is 3.93. The lowest BCUT2D eigenvalue weighted by Gasteiger charge is -1.86. The first-order valence-electron chi connectivity index (χ1n) is 3.98. The largest absolute Gasteiger partial charge is 1.00 e. The maximum atomic E-state index is 4.50. The van der Waals surface area contributed by atoms with E-state index in [1.54, 1.807) is 0 Å². The molecule has 1 aromatic carbocycles. The van der Waals surface area contributed by atoms with Gasteiger partial charge in [0.2, 0.25) is 0 Å². The van der Waals surface area contributed by atoms with Gasteiger partial charge in [-0.25, -0.2) is 0 Å². The van der Waals surface area contributed by atoms with E-state index in [-0.39, 0.29) is 1.43 Å². The summed E-state index contributed by atoms with van der Waals surface area (Å²) in [6, 6.07) is 8.31. The Hall–Kier alpha value is -1.28. The van der Waals surface area contributed by atoms with Crippen molar-refractivity contribution in [3.05, 3.63) is 36.0 Å². The van der Waals surface area contributed by atoms with E-state index in [1.807, 2.05) is 12.3 Å². The van der Waals surface area contributed by atoms with Crippen LogP contribution in [0.3, 0.4) is 0 Å². The zero-order valence-corrected chi connectivity index (χ0v) is 7.46. The Bertz CT molecular complexity index is 354. The van der Waals surface area contributed by atoms with Crippen molar-refractivity contribution in [1.82, 2.24) is 4.98 Å². The Morgan fingerprint density at radius 2 is 1.92 bits per heavy atom. The molecular formula is C10H15N2+. The summed E-state index contributed by atoms with van der Waals surface area (Å²) in [6.07, 6.45) is 2.03. The van der Waals surface area contributed by atoms with Gasteiger partial charge in [0.05, 0.1) is 0 Å². The standard InChI is InChI=1S/C9H9N.CH5N/c1-7-6-10-9-5-3-2-4-8(7)9;1-2/h2-6,10H,1H3;2H2,1H3/p+1. The molecule has 0 aliphatic rings. The third kappa shape index (κ3) is 1.48. The molecule has 64 valence electrons. The number of aromatic amines is 1. The van der Waals surface area contributed by atoms with Gasteiger partial charge in [-0.1, -0.05) is 18.2 Å². The normalized spacial score (nSPS) is 9.25. The molecule has 2 heteroatoms. The Morgan fingerprint density at radius 1 is 1.25 bits per heavy atom. The van der Waals surface area contributed by atoms with E-state index in [0.29, 0.717) is 0 Å². The lowest BCUT2D eigenvalue weighted by atomic mass is 10.2. The van der Waals surface area contributed by atoms with Gasteiger partial charge in [0, 0.05) is 17.1 Å². The lowest BCUT2D eigenvalue weighted by Crippen LogP contribution is -1.69. The van der Waals surface area contributed by atoms with Gasteiger partial charge in [-0.15, -0.1) is 0 Å². The van der Waals surface area contributed by atoms with Crippen molar-refractivity contribution in [3.8, 4) is 0 Å². The first-order valence-corrected chi connectivity index (χ1v) is 3.98. The number of nitrogens with two attached hydrogens (primary N) is 1. The number of hydrogen-bond donors (Lipinski definition) is 2. The molecule has 0 saturated carbocycles. The summed E-state index contributed by atoms with van der Waals surface area (Å²) in [4.78, 5) is 3.19. The van der Waals surface area contributed by atoms with E-state index in [0.717, 1.165) is 0 Å². The first-order chi connectivity index (χ1) is 5.88. The smallest absolute Gasteiger partial charge is 0.361 e. The second-order valence-corrected chi connectivity index (χ2v) is 2.52. The minimum atomic E-state index is 0. The zero-order chi connectivity index (χ0) is 8.97.